The van der Waals surface area contributed by atoms with Crippen LogP contribution in [0.5, 0.6) is 0 Å². The first-order chi connectivity index (χ1) is 7.55. The van der Waals surface area contributed by atoms with Gasteiger partial charge < -0.3 is 5.32 Å². The Bertz CT molecular complexity index is 436. The number of halogens is 2. The summed E-state index contributed by atoms with van der Waals surface area (Å²) in [5, 5.41) is 5.54. The monoisotopic (exact) mass is 226 g/mol. The van der Waals surface area contributed by atoms with E-state index in [-0.39, 0.29) is 11.5 Å². The Hall–Kier alpha value is -1.49. The zero-order valence-electron chi connectivity index (χ0n) is 8.81. The molecule has 0 saturated carbocycles. The van der Waals surface area contributed by atoms with Crippen LogP contribution in [0.3, 0.4) is 0 Å². The van der Waals surface area contributed by atoms with Crippen LogP contribution in [0.15, 0.2) is 18.2 Å². The first kappa shape index (κ1) is 11.0. The minimum Gasteiger partial charge on any atom is -0.353 e. The Labute approximate surface area is 91.8 Å². The molecule has 1 aliphatic heterocycles. The van der Waals surface area contributed by atoms with Gasteiger partial charge in [-0.05, 0) is 13.0 Å². The van der Waals surface area contributed by atoms with Crippen LogP contribution in [-0.4, -0.2) is 19.0 Å². The van der Waals surface area contributed by atoms with Crippen molar-refractivity contribution in [3.63, 3.8) is 0 Å². The highest BCUT2D eigenvalue weighted by Gasteiger charge is 2.39. The fraction of sp³-hybridized carbons (Fsp3) is 0.364. The molecule has 86 valence electrons. The van der Waals surface area contributed by atoms with E-state index in [0.717, 1.165) is 6.07 Å². The van der Waals surface area contributed by atoms with Crippen molar-refractivity contribution in [3.05, 3.63) is 35.4 Å². The van der Waals surface area contributed by atoms with Gasteiger partial charge in [-0.2, -0.15) is 0 Å². The first-order valence-corrected chi connectivity index (χ1v) is 5.03. The van der Waals surface area contributed by atoms with Crippen LogP contribution < -0.4 is 10.6 Å². The van der Waals surface area contributed by atoms with Crippen molar-refractivity contribution in [2.24, 2.45) is 0 Å². The van der Waals surface area contributed by atoms with E-state index in [1.54, 1.807) is 6.92 Å². The van der Waals surface area contributed by atoms with Gasteiger partial charge in [-0.15, -0.1) is 0 Å². The Morgan fingerprint density at radius 2 is 2.06 bits per heavy atom. The van der Waals surface area contributed by atoms with E-state index < -0.39 is 17.2 Å². The van der Waals surface area contributed by atoms with Crippen LogP contribution in [0.2, 0.25) is 0 Å². The van der Waals surface area contributed by atoms with E-state index in [1.165, 1.54) is 12.1 Å². The SMILES string of the molecule is CC1(c2cccc(F)c2F)NCCNC1=O. The van der Waals surface area contributed by atoms with Gasteiger partial charge in [-0.25, -0.2) is 8.78 Å². The summed E-state index contributed by atoms with van der Waals surface area (Å²) in [4.78, 5) is 11.7. The molecule has 1 amide bonds. The zero-order chi connectivity index (χ0) is 11.8. The summed E-state index contributed by atoms with van der Waals surface area (Å²) < 4.78 is 26.7. The van der Waals surface area contributed by atoms with E-state index in [1.807, 2.05) is 0 Å². The van der Waals surface area contributed by atoms with Gasteiger partial charge in [0.15, 0.2) is 11.6 Å². The molecule has 2 rings (SSSR count). The van der Waals surface area contributed by atoms with Crippen LogP contribution in [0.4, 0.5) is 8.78 Å². The molecule has 16 heavy (non-hydrogen) atoms. The lowest BCUT2D eigenvalue weighted by Crippen LogP contribution is -2.59. The van der Waals surface area contributed by atoms with Gasteiger partial charge in [0.2, 0.25) is 5.91 Å². The summed E-state index contributed by atoms with van der Waals surface area (Å²) in [6, 6.07) is 3.84. The average molecular weight is 226 g/mol. The molecule has 1 aromatic rings. The van der Waals surface area contributed by atoms with Gasteiger partial charge >= 0.3 is 0 Å². The lowest BCUT2D eigenvalue weighted by Gasteiger charge is -2.34. The molecule has 1 aromatic carbocycles. The fourth-order valence-corrected chi connectivity index (χ4v) is 1.85. The highest BCUT2D eigenvalue weighted by molar-refractivity contribution is 5.88. The molecule has 1 heterocycles. The van der Waals surface area contributed by atoms with Crippen molar-refractivity contribution < 1.29 is 13.6 Å². The molecule has 5 heteroatoms. The number of hydrogen-bond acceptors (Lipinski definition) is 2. The Morgan fingerprint density at radius 1 is 1.31 bits per heavy atom. The Balaban J connectivity index is 2.49. The van der Waals surface area contributed by atoms with Crippen LogP contribution in [0.1, 0.15) is 12.5 Å². The normalized spacial score (nSPS) is 25.3. The standard InChI is InChI=1S/C11H12F2N2O/c1-11(10(16)14-5-6-15-11)7-3-2-4-8(12)9(7)13/h2-4,15H,5-6H2,1H3,(H,14,16). The second-order valence-electron chi connectivity index (χ2n) is 3.91. The van der Waals surface area contributed by atoms with E-state index in [9.17, 15) is 13.6 Å². The molecular weight excluding hydrogens is 214 g/mol. The third-order valence-corrected chi connectivity index (χ3v) is 2.83. The number of carbonyl (C=O) groups is 1. The number of nitrogens with one attached hydrogen (secondary N) is 2. The Kier molecular flexibility index (Phi) is 2.63. The quantitative estimate of drug-likeness (QED) is 0.747. The van der Waals surface area contributed by atoms with Crippen molar-refractivity contribution in [3.8, 4) is 0 Å². The second-order valence-corrected chi connectivity index (χ2v) is 3.91. The molecule has 2 N–H and O–H groups in total. The maximum absolute atomic E-state index is 13.6. The number of amides is 1. The van der Waals surface area contributed by atoms with Gasteiger partial charge in [-0.3, -0.25) is 10.1 Å². The van der Waals surface area contributed by atoms with Crippen molar-refractivity contribution in [2.45, 2.75) is 12.5 Å². The largest absolute Gasteiger partial charge is 0.353 e. The van der Waals surface area contributed by atoms with Gasteiger partial charge in [0.1, 0.15) is 5.54 Å². The minimum atomic E-state index is -1.20. The third-order valence-electron chi connectivity index (χ3n) is 2.83. The summed E-state index contributed by atoms with van der Waals surface area (Å²) in [6.07, 6.45) is 0. The first-order valence-electron chi connectivity index (χ1n) is 5.03. The van der Waals surface area contributed by atoms with Gasteiger partial charge in [0.25, 0.3) is 0 Å². The number of piperazine rings is 1. The lowest BCUT2D eigenvalue weighted by atomic mass is 9.89. The zero-order valence-corrected chi connectivity index (χ0v) is 8.81. The molecule has 0 radical (unpaired) electrons. The molecule has 0 aliphatic carbocycles. The van der Waals surface area contributed by atoms with Crippen molar-refractivity contribution in [1.82, 2.24) is 10.6 Å². The number of rotatable bonds is 1. The maximum Gasteiger partial charge on any atom is 0.244 e. The van der Waals surface area contributed by atoms with Crippen molar-refractivity contribution in [1.29, 1.82) is 0 Å². The van der Waals surface area contributed by atoms with E-state index in [0.29, 0.717) is 13.1 Å². The summed E-state index contributed by atoms with van der Waals surface area (Å²) in [5.41, 5.74) is -1.17. The molecule has 1 saturated heterocycles. The number of benzene rings is 1. The molecule has 0 bridgehead atoms. The summed E-state index contributed by atoms with van der Waals surface area (Å²) in [6.45, 7) is 2.56. The molecule has 0 aromatic heterocycles. The number of hydrogen-bond donors (Lipinski definition) is 2. The topological polar surface area (TPSA) is 41.1 Å². The fourth-order valence-electron chi connectivity index (χ4n) is 1.85. The second kappa shape index (κ2) is 3.83. The maximum atomic E-state index is 13.6. The third kappa shape index (κ3) is 1.57. The molecule has 0 spiro atoms. The van der Waals surface area contributed by atoms with Crippen molar-refractivity contribution in [2.75, 3.05) is 13.1 Å². The minimum absolute atomic E-state index is 0.0321. The van der Waals surface area contributed by atoms with Crippen molar-refractivity contribution >= 4 is 5.91 Å². The Morgan fingerprint density at radius 3 is 2.75 bits per heavy atom. The molecule has 1 aliphatic rings. The summed E-state index contributed by atoms with van der Waals surface area (Å²) >= 11 is 0. The van der Waals surface area contributed by atoms with E-state index >= 15 is 0 Å². The average Bonchev–Trinajstić information content (AvgIpc) is 2.26. The molecule has 1 unspecified atom stereocenters. The highest BCUT2D eigenvalue weighted by Crippen LogP contribution is 2.26. The molecule has 3 nitrogen and oxygen atoms in total. The molecule has 1 fully saturated rings. The summed E-state index contributed by atoms with van der Waals surface area (Å²) in [7, 11) is 0. The smallest absolute Gasteiger partial charge is 0.244 e. The van der Waals surface area contributed by atoms with Gasteiger partial charge in [0.05, 0.1) is 0 Å². The van der Waals surface area contributed by atoms with Gasteiger partial charge in [-0.1, -0.05) is 12.1 Å². The van der Waals surface area contributed by atoms with Crippen LogP contribution in [0.25, 0.3) is 0 Å². The van der Waals surface area contributed by atoms with Crippen LogP contribution in [0, 0.1) is 11.6 Å². The van der Waals surface area contributed by atoms with Crippen LogP contribution in [-0.2, 0) is 10.3 Å². The predicted molar refractivity (Wildman–Crippen MR) is 54.7 cm³/mol. The number of carbonyl (C=O) groups excluding carboxylic acids is 1. The highest BCUT2D eigenvalue weighted by atomic mass is 19.2. The lowest BCUT2D eigenvalue weighted by molar-refractivity contribution is -0.129. The van der Waals surface area contributed by atoms with Gasteiger partial charge in [0, 0.05) is 18.7 Å². The molecule has 1 atom stereocenters. The predicted octanol–water partition coefficient (Wildman–Crippen LogP) is 0.899. The molecular formula is C11H12F2N2O. The summed E-state index contributed by atoms with van der Waals surface area (Å²) in [5.74, 6) is -2.27. The van der Waals surface area contributed by atoms with Crippen LogP contribution >= 0.6 is 0 Å². The van der Waals surface area contributed by atoms with E-state index in [4.69, 9.17) is 0 Å². The van der Waals surface area contributed by atoms with E-state index in [2.05, 4.69) is 10.6 Å².